The highest BCUT2D eigenvalue weighted by Gasteiger charge is 2.24. The van der Waals surface area contributed by atoms with Crippen LogP contribution in [0.3, 0.4) is 0 Å². The molecule has 0 saturated carbocycles. The van der Waals surface area contributed by atoms with Crippen molar-refractivity contribution in [2.75, 3.05) is 18.6 Å². The van der Waals surface area contributed by atoms with E-state index in [-0.39, 0.29) is 36.1 Å². The van der Waals surface area contributed by atoms with E-state index in [0.717, 1.165) is 4.90 Å². The van der Waals surface area contributed by atoms with Crippen molar-refractivity contribution >= 4 is 40.6 Å². The van der Waals surface area contributed by atoms with E-state index in [1.165, 1.54) is 11.8 Å². The molecular formula is C19H19N3O5S. The Kier molecular flexibility index (Phi) is 5.84. The predicted molar refractivity (Wildman–Crippen MR) is 104 cm³/mol. The van der Waals surface area contributed by atoms with E-state index in [4.69, 9.17) is 19.6 Å². The molecule has 0 spiro atoms. The minimum Gasteiger partial charge on any atom is -0.462 e. The number of benzene rings is 1. The number of aryl methyl sites for hydroxylation is 1. The number of nitrogens with zero attached hydrogens (tertiary/aromatic N) is 2. The fourth-order valence-corrected chi connectivity index (χ4v) is 3.30. The smallest absolute Gasteiger partial charge is 0.342 e. The summed E-state index contributed by atoms with van der Waals surface area (Å²) >= 11 is 1.45. The van der Waals surface area contributed by atoms with Crippen LogP contribution in [0.1, 0.15) is 39.2 Å². The number of anilines is 1. The molecule has 9 heteroatoms. The van der Waals surface area contributed by atoms with E-state index in [0.29, 0.717) is 16.7 Å². The first kappa shape index (κ1) is 19.7. The maximum atomic E-state index is 12.4. The molecule has 0 radical (unpaired) electrons. The summed E-state index contributed by atoms with van der Waals surface area (Å²) < 4.78 is 15.9. The van der Waals surface area contributed by atoms with Crippen LogP contribution in [0.25, 0.3) is 11.1 Å². The molecule has 0 saturated heterocycles. The van der Waals surface area contributed by atoms with Crippen LogP contribution >= 0.6 is 11.8 Å². The SMILES string of the molecule is CCOC(=O)c1c(C)oc2nc(COC(=O)c3ccccc3SC)nc(N)c12. The molecule has 0 amide bonds. The van der Waals surface area contributed by atoms with Gasteiger partial charge in [-0.3, -0.25) is 0 Å². The zero-order valence-corrected chi connectivity index (χ0v) is 16.5. The average Bonchev–Trinajstić information content (AvgIpc) is 3.02. The van der Waals surface area contributed by atoms with Crippen LogP contribution < -0.4 is 5.73 Å². The molecule has 0 aliphatic heterocycles. The van der Waals surface area contributed by atoms with Crippen molar-refractivity contribution in [1.29, 1.82) is 0 Å². The Hall–Kier alpha value is -3.07. The summed E-state index contributed by atoms with van der Waals surface area (Å²) in [6, 6.07) is 7.14. The third kappa shape index (κ3) is 3.79. The van der Waals surface area contributed by atoms with Crippen LogP contribution in [-0.4, -0.2) is 34.8 Å². The van der Waals surface area contributed by atoms with Gasteiger partial charge in [0.2, 0.25) is 5.71 Å². The summed E-state index contributed by atoms with van der Waals surface area (Å²) in [6.07, 6.45) is 1.88. The van der Waals surface area contributed by atoms with Gasteiger partial charge in [-0.1, -0.05) is 12.1 Å². The average molecular weight is 401 g/mol. The van der Waals surface area contributed by atoms with Crippen LogP contribution in [0.2, 0.25) is 0 Å². The maximum Gasteiger partial charge on any atom is 0.342 e. The van der Waals surface area contributed by atoms with Crippen molar-refractivity contribution in [3.8, 4) is 0 Å². The molecule has 0 aliphatic rings. The van der Waals surface area contributed by atoms with Crippen LogP contribution in [0, 0.1) is 6.92 Å². The standard InChI is InChI=1S/C19H19N3O5S/c1-4-25-19(24)14-10(2)27-17-15(14)16(20)21-13(22-17)9-26-18(23)11-7-5-6-8-12(11)28-3/h5-8H,4,9H2,1-3H3,(H2,20,21,22). The molecule has 0 atom stereocenters. The lowest BCUT2D eigenvalue weighted by atomic mass is 10.2. The predicted octanol–water partition coefficient (Wildman–Crippen LogP) is 3.37. The zero-order chi connectivity index (χ0) is 20.3. The van der Waals surface area contributed by atoms with Crippen LogP contribution in [-0.2, 0) is 16.1 Å². The minimum atomic E-state index is -0.554. The summed E-state index contributed by atoms with van der Waals surface area (Å²) in [5.74, 6) is -0.487. The van der Waals surface area contributed by atoms with Crippen molar-refractivity contribution in [3.05, 3.63) is 47.0 Å². The molecule has 0 unspecified atom stereocenters. The number of rotatable bonds is 6. The van der Waals surface area contributed by atoms with E-state index in [2.05, 4.69) is 9.97 Å². The number of nitrogens with two attached hydrogens (primary N) is 1. The first-order chi connectivity index (χ1) is 13.5. The number of hydrogen-bond donors (Lipinski definition) is 1. The lowest BCUT2D eigenvalue weighted by Crippen LogP contribution is -2.10. The van der Waals surface area contributed by atoms with Gasteiger partial charge in [-0.15, -0.1) is 11.8 Å². The van der Waals surface area contributed by atoms with Crippen LogP contribution in [0.4, 0.5) is 5.82 Å². The number of thioether (sulfide) groups is 1. The Labute approximate surface area is 165 Å². The van der Waals surface area contributed by atoms with E-state index < -0.39 is 11.9 Å². The highest BCUT2D eigenvalue weighted by Crippen LogP contribution is 2.29. The van der Waals surface area contributed by atoms with Crippen molar-refractivity contribution in [3.63, 3.8) is 0 Å². The Morgan fingerprint density at radius 3 is 2.64 bits per heavy atom. The van der Waals surface area contributed by atoms with E-state index in [1.807, 2.05) is 18.4 Å². The molecule has 28 heavy (non-hydrogen) atoms. The highest BCUT2D eigenvalue weighted by atomic mass is 32.2. The summed E-state index contributed by atoms with van der Waals surface area (Å²) in [5.41, 5.74) is 6.81. The first-order valence-electron chi connectivity index (χ1n) is 8.49. The van der Waals surface area contributed by atoms with Gasteiger partial charge in [-0.2, -0.15) is 4.98 Å². The van der Waals surface area contributed by atoms with Crippen molar-refractivity contribution in [1.82, 2.24) is 9.97 Å². The van der Waals surface area contributed by atoms with E-state index in [9.17, 15) is 9.59 Å². The first-order valence-corrected chi connectivity index (χ1v) is 9.71. The van der Waals surface area contributed by atoms with Gasteiger partial charge in [-0.25, -0.2) is 14.6 Å². The fraction of sp³-hybridized carbons (Fsp3) is 0.263. The molecule has 0 aliphatic carbocycles. The number of ether oxygens (including phenoxy) is 2. The third-order valence-electron chi connectivity index (χ3n) is 3.94. The fourth-order valence-electron chi connectivity index (χ4n) is 2.72. The van der Waals surface area contributed by atoms with Gasteiger partial charge >= 0.3 is 11.9 Å². The molecule has 3 aromatic rings. The quantitative estimate of drug-likeness (QED) is 0.490. The summed E-state index contributed by atoms with van der Waals surface area (Å²) in [5, 5.41) is 0.291. The lowest BCUT2D eigenvalue weighted by molar-refractivity contribution is 0.0457. The molecule has 1 aromatic carbocycles. The Bertz CT molecular complexity index is 1050. The highest BCUT2D eigenvalue weighted by molar-refractivity contribution is 7.98. The number of hydrogen-bond acceptors (Lipinski definition) is 9. The molecule has 146 valence electrons. The van der Waals surface area contributed by atoms with Gasteiger partial charge in [0.1, 0.15) is 17.1 Å². The molecule has 2 N–H and O–H groups in total. The minimum absolute atomic E-state index is 0.0560. The normalized spacial score (nSPS) is 10.8. The molecule has 8 nitrogen and oxygen atoms in total. The molecule has 3 rings (SSSR count). The Morgan fingerprint density at radius 1 is 1.18 bits per heavy atom. The van der Waals surface area contributed by atoms with E-state index >= 15 is 0 Å². The van der Waals surface area contributed by atoms with Crippen molar-refractivity contribution < 1.29 is 23.5 Å². The van der Waals surface area contributed by atoms with E-state index in [1.54, 1.807) is 26.0 Å². The number of furan rings is 1. The Morgan fingerprint density at radius 2 is 1.93 bits per heavy atom. The number of esters is 2. The van der Waals surface area contributed by atoms with Crippen LogP contribution in [0.5, 0.6) is 0 Å². The third-order valence-corrected chi connectivity index (χ3v) is 4.74. The summed E-state index contributed by atoms with van der Waals surface area (Å²) in [6.45, 7) is 3.36. The monoisotopic (exact) mass is 401 g/mol. The number of carbonyl (C=O) groups is 2. The van der Waals surface area contributed by atoms with Gasteiger partial charge < -0.3 is 19.6 Å². The zero-order valence-electron chi connectivity index (χ0n) is 15.6. The number of carbonyl (C=O) groups excluding carboxylic acids is 2. The second-order valence-corrected chi connectivity index (χ2v) is 6.58. The molecule has 0 bridgehead atoms. The largest absolute Gasteiger partial charge is 0.462 e. The second-order valence-electron chi connectivity index (χ2n) is 5.74. The number of nitrogen functional groups attached to an aromatic ring is 1. The maximum absolute atomic E-state index is 12.4. The van der Waals surface area contributed by atoms with Gasteiger partial charge in [0.15, 0.2) is 12.4 Å². The summed E-state index contributed by atoms with van der Waals surface area (Å²) in [4.78, 5) is 33.7. The number of aromatic nitrogens is 2. The number of fused-ring (bicyclic) bond motifs is 1. The second kappa shape index (κ2) is 8.30. The topological polar surface area (TPSA) is 118 Å². The summed E-state index contributed by atoms with van der Waals surface area (Å²) in [7, 11) is 0. The van der Waals surface area contributed by atoms with Gasteiger partial charge in [0, 0.05) is 4.90 Å². The lowest BCUT2D eigenvalue weighted by Gasteiger charge is -2.08. The van der Waals surface area contributed by atoms with Crippen LogP contribution in [0.15, 0.2) is 33.6 Å². The van der Waals surface area contributed by atoms with Gasteiger partial charge in [0.25, 0.3) is 0 Å². The van der Waals surface area contributed by atoms with Gasteiger partial charge in [0.05, 0.1) is 17.6 Å². The van der Waals surface area contributed by atoms with Crippen molar-refractivity contribution in [2.24, 2.45) is 0 Å². The molecule has 2 aromatic heterocycles. The van der Waals surface area contributed by atoms with Crippen molar-refractivity contribution in [2.45, 2.75) is 25.3 Å². The Balaban J connectivity index is 1.85. The molecule has 0 fully saturated rings. The molecule has 2 heterocycles. The molecular weight excluding hydrogens is 382 g/mol. The van der Waals surface area contributed by atoms with Gasteiger partial charge in [-0.05, 0) is 32.2 Å².